The molecule has 0 amide bonds. The highest BCUT2D eigenvalue weighted by Gasteiger charge is 2.09. The standard InChI is InChI=1S/C14H11BrClNO2/c15-12-6-3-10(7-13(12)17)14(18)19-8-9-1-4-11(16)5-2-9/h1-7H,8,17H2. The Hall–Kier alpha value is -1.52. The van der Waals surface area contributed by atoms with Crippen LogP contribution in [0.25, 0.3) is 0 Å². The van der Waals surface area contributed by atoms with E-state index in [1.54, 1.807) is 30.3 Å². The summed E-state index contributed by atoms with van der Waals surface area (Å²) >= 11 is 9.05. The van der Waals surface area contributed by atoms with Crippen LogP contribution in [0.15, 0.2) is 46.9 Å². The van der Waals surface area contributed by atoms with Gasteiger partial charge in [0.1, 0.15) is 6.61 Å². The summed E-state index contributed by atoms with van der Waals surface area (Å²) < 4.78 is 5.95. The molecule has 0 fully saturated rings. The van der Waals surface area contributed by atoms with Crippen LogP contribution >= 0.6 is 27.5 Å². The van der Waals surface area contributed by atoms with Gasteiger partial charge in [-0.05, 0) is 51.8 Å². The van der Waals surface area contributed by atoms with E-state index in [0.717, 1.165) is 10.0 Å². The molecular weight excluding hydrogens is 330 g/mol. The maximum absolute atomic E-state index is 11.8. The average molecular weight is 341 g/mol. The fourth-order valence-electron chi connectivity index (χ4n) is 1.48. The van der Waals surface area contributed by atoms with Gasteiger partial charge >= 0.3 is 5.97 Å². The predicted octanol–water partition coefficient (Wildman–Crippen LogP) is 4.04. The van der Waals surface area contributed by atoms with Gasteiger partial charge in [0, 0.05) is 15.2 Å². The molecule has 2 rings (SSSR count). The first kappa shape index (κ1) is 13.9. The Morgan fingerprint density at radius 3 is 2.53 bits per heavy atom. The van der Waals surface area contributed by atoms with Gasteiger partial charge in [0.2, 0.25) is 0 Å². The van der Waals surface area contributed by atoms with Gasteiger partial charge in [-0.25, -0.2) is 4.79 Å². The van der Waals surface area contributed by atoms with Crippen LogP contribution in [-0.4, -0.2) is 5.97 Å². The second kappa shape index (κ2) is 6.08. The average Bonchev–Trinajstić information content (AvgIpc) is 2.41. The summed E-state index contributed by atoms with van der Waals surface area (Å²) in [6.07, 6.45) is 0. The Bertz CT molecular complexity index is 599. The van der Waals surface area contributed by atoms with E-state index in [1.165, 1.54) is 0 Å². The van der Waals surface area contributed by atoms with Crippen LogP contribution in [-0.2, 0) is 11.3 Å². The minimum atomic E-state index is -0.408. The third-order valence-electron chi connectivity index (χ3n) is 2.51. The first-order valence-electron chi connectivity index (χ1n) is 5.53. The molecule has 0 radical (unpaired) electrons. The highest BCUT2D eigenvalue weighted by molar-refractivity contribution is 9.10. The van der Waals surface area contributed by atoms with E-state index in [0.29, 0.717) is 16.3 Å². The zero-order valence-corrected chi connectivity index (χ0v) is 12.2. The van der Waals surface area contributed by atoms with Crippen molar-refractivity contribution in [3.8, 4) is 0 Å². The number of halogens is 2. The number of rotatable bonds is 3. The molecule has 0 spiro atoms. The topological polar surface area (TPSA) is 52.3 Å². The molecule has 2 aromatic rings. The largest absolute Gasteiger partial charge is 0.457 e. The van der Waals surface area contributed by atoms with Crippen molar-refractivity contribution in [2.24, 2.45) is 0 Å². The van der Waals surface area contributed by atoms with E-state index >= 15 is 0 Å². The smallest absolute Gasteiger partial charge is 0.338 e. The zero-order chi connectivity index (χ0) is 13.8. The molecule has 0 aromatic heterocycles. The first-order chi connectivity index (χ1) is 9.06. The van der Waals surface area contributed by atoms with Gasteiger partial charge < -0.3 is 10.5 Å². The Morgan fingerprint density at radius 1 is 1.21 bits per heavy atom. The lowest BCUT2D eigenvalue weighted by molar-refractivity contribution is 0.0473. The fourth-order valence-corrected chi connectivity index (χ4v) is 1.86. The quantitative estimate of drug-likeness (QED) is 0.677. The number of esters is 1. The van der Waals surface area contributed by atoms with Crippen molar-refractivity contribution in [3.63, 3.8) is 0 Å². The van der Waals surface area contributed by atoms with Crippen molar-refractivity contribution in [1.82, 2.24) is 0 Å². The van der Waals surface area contributed by atoms with E-state index in [-0.39, 0.29) is 6.61 Å². The zero-order valence-electron chi connectivity index (χ0n) is 9.90. The molecule has 98 valence electrons. The normalized spacial score (nSPS) is 10.2. The summed E-state index contributed by atoms with van der Waals surface area (Å²) in [5.41, 5.74) is 7.52. The van der Waals surface area contributed by atoms with Gasteiger partial charge in [0.25, 0.3) is 0 Å². The summed E-state index contributed by atoms with van der Waals surface area (Å²) in [5.74, 6) is -0.408. The summed E-state index contributed by atoms with van der Waals surface area (Å²) in [6.45, 7) is 0.200. The summed E-state index contributed by atoms with van der Waals surface area (Å²) in [5, 5.41) is 0.649. The van der Waals surface area contributed by atoms with Gasteiger partial charge in [-0.15, -0.1) is 0 Å². The minimum Gasteiger partial charge on any atom is -0.457 e. The predicted molar refractivity (Wildman–Crippen MR) is 79.1 cm³/mol. The molecule has 0 saturated heterocycles. The van der Waals surface area contributed by atoms with Crippen LogP contribution < -0.4 is 5.73 Å². The molecule has 0 heterocycles. The Morgan fingerprint density at radius 2 is 1.89 bits per heavy atom. The van der Waals surface area contributed by atoms with Gasteiger partial charge in [-0.3, -0.25) is 0 Å². The maximum Gasteiger partial charge on any atom is 0.338 e. The monoisotopic (exact) mass is 339 g/mol. The van der Waals surface area contributed by atoms with Crippen LogP contribution in [0.4, 0.5) is 5.69 Å². The van der Waals surface area contributed by atoms with Crippen LogP contribution in [0.2, 0.25) is 5.02 Å². The fraction of sp³-hybridized carbons (Fsp3) is 0.0714. The number of nitrogens with two attached hydrogens (primary N) is 1. The van der Waals surface area contributed by atoms with Gasteiger partial charge in [0.05, 0.1) is 5.56 Å². The van der Waals surface area contributed by atoms with Crippen LogP contribution in [0.5, 0.6) is 0 Å². The second-order valence-electron chi connectivity index (χ2n) is 3.94. The highest BCUT2D eigenvalue weighted by atomic mass is 79.9. The van der Waals surface area contributed by atoms with Crippen molar-refractivity contribution in [2.75, 3.05) is 5.73 Å². The molecule has 0 unspecified atom stereocenters. The Balaban J connectivity index is 2.01. The molecule has 3 nitrogen and oxygen atoms in total. The maximum atomic E-state index is 11.8. The molecule has 2 N–H and O–H groups in total. The molecule has 0 aliphatic rings. The summed E-state index contributed by atoms with van der Waals surface area (Å²) in [6, 6.07) is 12.1. The number of benzene rings is 2. The molecule has 5 heteroatoms. The third-order valence-corrected chi connectivity index (χ3v) is 3.49. The van der Waals surface area contributed by atoms with Crippen LogP contribution in [0.3, 0.4) is 0 Å². The molecular formula is C14H11BrClNO2. The number of ether oxygens (including phenoxy) is 1. The van der Waals surface area contributed by atoms with Crippen molar-refractivity contribution in [1.29, 1.82) is 0 Å². The van der Waals surface area contributed by atoms with Crippen molar-refractivity contribution >= 4 is 39.2 Å². The Kier molecular flexibility index (Phi) is 4.45. The molecule has 0 aliphatic carbocycles. The highest BCUT2D eigenvalue weighted by Crippen LogP contribution is 2.21. The lowest BCUT2D eigenvalue weighted by Crippen LogP contribution is -2.06. The molecule has 0 aliphatic heterocycles. The number of carbonyl (C=O) groups excluding carboxylic acids is 1. The molecule has 0 atom stereocenters. The van der Waals surface area contributed by atoms with E-state index < -0.39 is 5.97 Å². The number of carbonyl (C=O) groups is 1. The molecule has 0 saturated carbocycles. The number of anilines is 1. The Labute approximate surface area is 124 Å². The third kappa shape index (κ3) is 3.72. The van der Waals surface area contributed by atoms with Gasteiger partial charge in [0.15, 0.2) is 0 Å². The molecule has 19 heavy (non-hydrogen) atoms. The lowest BCUT2D eigenvalue weighted by Gasteiger charge is -2.06. The number of nitrogen functional groups attached to an aromatic ring is 1. The van der Waals surface area contributed by atoms with Crippen molar-refractivity contribution in [2.45, 2.75) is 6.61 Å². The second-order valence-corrected chi connectivity index (χ2v) is 5.23. The summed E-state index contributed by atoms with van der Waals surface area (Å²) in [4.78, 5) is 11.8. The van der Waals surface area contributed by atoms with Gasteiger partial charge in [-0.1, -0.05) is 23.7 Å². The van der Waals surface area contributed by atoms with E-state index in [1.807, 2.05) is 12.1 Å². The SMILES string of the molecule is Nc1cc(C(=O)OCc2ccc(Cl)cc2)ccc1Br. The number of hydrogen-bond donors (Lipinski definition) is 1. The van der Waals surface area contributed by atoms with Crippen LogP contribution in [0, 0.1) is 0 Å². The van der Waals surface area contributed by atoms with Gasteiger partial charge in [-0.2, -0.15) is 0 Å². The van der Waals surface area contributed by atoms with E-state index in [2.05, 4.69) is 15.9 Å². The van der Waals surface area contributed by atoms with Crippen molar-refractivity contribution in [3.05, 3.63) is 63.1 Å². The van der Waals surface area contributed by atoms with E-state index in [4.69, 9.17) is 22.1 Å². The summed E-state index contributed by atoms with van der Waals surface area (Å²) in [7, 11) is 0. The number of hydrogen-bond acceptors (Lipinski definition) is 3. The van der Waals surface area contributed by atoms with Crippen LogP contribution in [0.1, 0.15) is 15.9 Å². The van der Waals surface area contributed by atoms with E-state index in [9.17, 15) is 4.79 Å². The molecule has 0 bridgehead atoms. The first-order valence-corrected chi connectivity index (χ1v) is 6.70. The minimum absolute atomic E-state index is 0.200. The molecule has 2 aromatic carbocycles. The van der Waals surface area contributed by atoms with Crippen molar-refractivity contribution < 1.29 is 9.53 Å². The lowest BCUT2D eigenvalue weighted by atomic mass is 10.2.